The number of aryl methyl sites for hydroxylation is 2. The van der Waals surface area contributed by atoms with E-state index >= 15 is 0 Å². The highest BCUT2D eigenvalue weighted by atomic mass is 16.5. The summed E-state index contributed by atoms with van der Waals surface area (Å²) < 4.78 is 7.44. The number of ether oxygens (including phenoxy) is 1. The lowest BCUT2D eigenvalue weighted by Gasteiger charge is -2.25. The van der Waals surface area contributed by atoms with Gasteiger partial charge in [-0.3, -0.25) is 4.79 Å². The molecule has 19 heavy (non-hydrogen) atoms. The van der Waals surface area contributed by atoms with Gasteiger partial charge < -0.3 is 14.6 Å². The molecule has 2 heterocycles. The molecule has 0 saturated carbocycles. The Bertz CT molecular complexity index is 467. The SMILES string of the molecule is C=CCO[C@@H](C)C(=O)N[C@@H]1CCc2nc(C)cn2C1. The molecule has 0 bridgehead atoms. The Balaban J connectivity index is 1.87. The van der Waals surface area contributed by atoms with E-state index in [1.54, 1.807) is 13.0 Å². The lowest BCUT2D eigenvalue weighted by Crippen LogP contribution is -2.45. The number of amides is 1. The van der Waals surface area contributed by atoms with Crippen LogP contribution in [0, 0.1) is 6.92 Å². The average Bonchev–Trinajstić information content (AvgIpc) is 2.75. The number of imidazole rings is 1. The molecule has 0 radical (unpaired) electrons. The van der Waals surface area contributed by atoms with Crippen LogP contribution in [0.5, 0.6) is 0 Å². The van der Waals surface area contributed by atoms with Crippen LogP contribution in [0.3, 0.4) is 0 Å². The summed E-state index contributed by atoms with van der Waals surface area (Å²) in [5.41, 5.74) is 1.03. The summed E-state index contributed by atoms with van der Waals surface area (Å²) in [5.74, 6) is 1.05. The van der Waals surface area contributed by atoms with E-state index in [1.165, 1.54) is 0 Å². The average molecular weight is 263 g/mol. The monoisotopic (exact) mass is 263 g/mol. The maximum Gasteiger partial charge on any atom is 0.249 e. The zero-order valence-electron chi connectivity index (χ0n) is 11.6. The van der Waals surface area contributed by atoms with Crippen molar-refractivity contribution in [2.45, 2.75) is 45.4 Å². The van der Waals surface area contributed by atoms with Crippen LogP contribution >= 0.6 is 0 Å². The lowest BCUT2D eigenvalue weighted by molar-refractivity contribution is -0.132. The molecule has 0 aromatic carbocycles. The van der Waals surface area contributed by atoms with E-state index < -0.39 is 6.10 Å². The smallest absolute Gasteiger partial charge is 0.249 e. The first-order valence-electron chi connectivity index (χ1n) is 6.65. The minimum absolute atomic E-state index is 0.0628. The molecule has 0 unspecified atom stereocenters. The third kappa shape index (κ3) is 3.44. The zero-order chi connectivity index (χ0) is 13.8. The van der Waals surface area contributed by atoms with Crippen molar-refractivity contribution < 1.29 is 9.53 Å². The van der Waals surface area contributed by atoms with Gasteiger partial charge in [-0.2, -0.15) is 0 Å². The van der Waals surface area contributed by atoms with Crippen LogP contribution < -0.4 is 5.32 Å². The van der Waals surface area contributed by atoms with Gasteiger partial charge in [0.05, 0.1) is 12.3 Å². The molecule has 2 atom stereocenters. The molecule has 1 aliphatic rings. The number of nitrogens with zero attached hydrogens (tertiary/aromatic N) is 2. The molecule has 1 aromatic heterocycles. The summed E-state index contributed by atoms with van der Waals surface area (Å²) in [6.45, 7) is 8.50. The van der Waals surface area contributed by atoms with Crippen LogP contribution in [-0.4, -0.2) is 34.2 Å². The van der Waals surface area contributed by atoms with Crippen LogP contribution in [0.2, 0.25) is 0 Å². The van der Waals surface area contributed by atoms with Gasteiger partial charge in [0.1, 0.15) is 11.9 Å². The van der Waals surface area contributed by atoms with Crippen molar-refractivity contribution in [2.24, 2.45) is 0 Å². The van der Waals surface area contributed by atoms with Gasteiger partial charge in [-0.15, -0.1) is 6.58 Å². The van der Waals surface area contributed by atoms with Gasteiger partial charge in [-0.1, -0.05) is 6.08 Å². The molecule has 0 saturated heterocycles. The number of nitrogens with one attached hydrogen (secondary N) is 1. The molecule has 5 nitrogen and oxygen atoms in total. The molecule has 1 aromatic rings. The summed E-state index contributed by atoms with van der Waals surface area (Å²) in [5, 5.41) is 3.03. The van der Waals surface area contributed by atoms with Gasteiger partial charge in [0.25, 0.3) is 0 Å². The highest BCUT2D eigenvalue weighted by Gasteiger charge is 2.23. The van der Waals surface area contributed by atoms with Gasteiger partial charge in [-0.25, -0.2) is 4.98 Å². The summed E-state index contributed by atoms with van der Waals surface area (Å²) in [6.07, 6.45) is 5.07. The van der Waals surface area contributed by atoms with E-state index in [0.29, 0.717) is 6.61 Å². The summed E-state index contributed by atoms with van der Waals surface area (Å²) in [7, 11) is 0. The third-order valence-electron chi connectivity index (χ3n) is 3.29. The lowest BCUT2D eigenvalue weighted by atomic mass is 10.1. The first-order valence-corrected chi connectivity index (χ1v) is 6.65. The molecular weight excluding hydrogens is 242 g/mol. The fraction of sp³-hybridized carbons (Fsp3) is 0.571. The molecule has 0 spiro atoms. The van der Waals surface area contributed by atoms with E-state index in [4.69, 9.17) is 4.74 Å². The first kappa shape index (κ1) is 13.8. The normalized spacial score (nSPS) is 19.6. The second-order valence-corrected chi connectivity index (χ2v) is 4.96. The Morgan fingerprint density at radius 1 is 1.79 bits per heavy atom. The molecule has 104 valence electrons. The van der Waals surface area contributed by atoms with Gasteiger partial charge in [0.15, 0.2) is 0 Å². The minimum atomic E-state index is -0.441. The molecule has 2 rings (SSSR count). The Labute approximate surface area is 113 Å². The number of fused-ring (bicyclic) bond motifs is 1. The van der Waals surface area contributed by atoms with Crippen molar-refractivity contribution in [1.29, 1.82) is 0 Å². The van der Waals surface area contributed by atoms with Crippen molar-refractivity contribution in [3.8, 4) is 0 Å². The Morgan fingerprint density at radius 2 is 2.58 bits per heavy atom. The fourth-order valence-corrected chi connectivity index (χ4v) is 2.31. The van der Waals surface area contributed by atoms with Crippen molar-refractivity contribution in [2.75, 3.05) is 6.61 Å². The maximum absolute atomic E-state index is 11.9. The molecule has 1 amide bonds. The Kier molecular flexibility index (Phi) is 4.37. The first-order chi connectivity index (χ1) is 9.10. The van der Waals surface area contributed by atoms with Crippen molar-refractivity contribution in [3.05, 3.63) is 30.4 Å². The number of aromatic nitrogens is 2. The molecule has 0 aliphatic carbocycles. The second kappa shape index (κ2) is 6.02. The number of hydrogen-bond acceptors (Lipinski definition) is 3. The summed E-state index contributed by atoms with van der Waals surface area (Å²) >= 11 is 0. The predicted octanol–water partition coefficient (Wildman–Crippen LogP) is 1.21. The molecule has 1 aliphatic heterocycles. The highest BCUT2D eigenvalue weighted by molar-refractivity contribution is 5.80. The number of rotatable bonds is 5. The second-order valence-electron chi connectivity index (χ2n) is 4.96. The standard InChI is InChI=1S/C14H21N3O2/c1-4-7-19-11(3)14(18)16-12-5-6-13-15-10(2)8-17(13)9-12/h4,8,11-12H,1,5-7,9H2,2-3H3,(H,16,18)/t11-,12+/m0/s1. The van der Waals surface area contributed by atoms with Gasteiger partial charge >= 0.3 is 0 Å². The van der Waals surface area contributed by atoms with E-state index in [0.717, 1.165) is 30.9 Å². The quantitative estimate of drug-likeness (QED) is 0.813. The van der Waals surface area contributed by atoms with E-state index in [1.807, 2.05) is 13.1 Å². The molecule has 1 N–H and O–H groups in total. The molecule has 0 fully saturated rings. The van der Waals surface area contributed by atoms with E-state index in [9.17, 15) is 4.79 Å². The van der Waals surface area contributed by atoms with Crippen LogP contribution in [0.4, 0.5) is 0 Å². The molecular formula is C14H21N3O2. The van der Waals surface area contributed by atoms with Crippen LogP contribution in [0.15, 0.2) is 18.9 Å². The maximum atomic E-state index is 11.9. The van der Waals surface area contributed by atoms with Gasteiger partial charge in [-0.05, 0) is 20.3 Å². The van der Waals surface area contributed by atoms with Crippen LogP contribution in [-0.2, 0) is 22.5 Å². The summed E-state index contributed by atoms with van der Waals surface area (Å²) in [6, 6.07) is 0.156. The number of carbonyl (C=O) groups is 1. The zero-order valence-corrected chi connectivity index (χ0v) is 11.6. The Morgan fingerprint density at radius 3 is 3.32 bits per heavy atom. The van der Waals surface area contributed by atoms with Crippen LogP contribution in [0.25, 0.3) is 0 Å². The third-order valence-corrected chi connectivity index (χ3v) is 3.29. The van der Waals surface area contributed by atoms with E-state index in [-0.39, 0.29) is 11.9 Å². The molecule has 5 heteroatoms. The largest absolute Gasteiger partial charge is 0.365 e. The summed E-state index contributed by atoms with van der Waals surface area (Å²) in [4.78, 5) is 16.4. The minimum Gasteiger partial charge on any atom is -0.365 e. The van der Waals surface area contributed by atoms with Gasteiger partial charge in [0.2, 0.25) is 5.91 Å². The number of hydrogen-bond donors (Lipinski definition) is 1. The Hall–Kier alpha value is -1.62. The van der Waals surface area contributed by atoms with Gasteiger partial charge in [0, 0.05) is 25.2 Å². The number of carbonyl (C=O) groups excluding carboxylic acids is 1. The van der Waals surface area contributed by atoms with Crippen LogP contribution in [0.1, 0.15) is 24.9 Å². The van der Waals surface area contributed by atoms with E-state index in [2.05, 4.69) is 21.4 Å². The topological polar surface area (TPSA) is 56.1 Å². The fourth-order valence-electron chi connectivity index (χ4n) is 2.31. The predicted molar refractivity (Wildman–Crippen MR) is 72.8 cm³/mol. The van der Waals surface area contributed by atoms with Crippen molar-refractivity contribution in [1.82, 2.24) is 14.9 Å². The van der Waals surface area contributed by atoms with Crippen molar-refractivity contribution in [3.63, 3.8) is 0 Å². The highest BCUT2D eigenvalue weighted by Crippen LogP contribution is 2.15. The van der Waals surface area contributed by atoms with Crippen molar-refractivity contribution >= 4 is 5.91 Å².